The number of hydrogen-bond acceptors (Lipinski definition) is 5. The molecule has 1 atom stereocenters. The van der Waals surface area contributed by atoms with E-state index >= 15 is 0 Å². The zero-order valence-corrected chi connectivity index (χ0v) is 16.1. The highest BCUT2D eigenvalue weighted by molar-refractivity contribution is 5.98. The van der Waals surface area contributed by atoms with Gasteiger partial charge in [0.15, 0.2) is 5.78 Å². The summed E-state index contributed by atoms with van der Waals surface area (Å²) in [6, 6.07) is 0.639. The lowest BCUT2D eigenvalue weighted by Crippen LogP contribution is -2.50. The lowest BCUT2D eigenvalue weighted by Gasteiger charge is -2.29. The molecule has 0 bridgehead atoms. The number of carbonyl (C=O) groups is 4. The van der Waals surface area contributed by atoms with Crippen molar-refractivity contribution < 1.29 is 37.8 Å². The number of benzene rings is 1. The maximum absolute atomic E-state index is 13.7. The molecule has 154 valence electrons. The van der Waals surface area contributed by atoms with Gasteiger partial charge in [0.2, 0.25) is 5.91 Å². The number of ether oxygens (including phenoxy) is 1. The molecule has 2 amide bonds. The van der Waals surface area contributed by atoms with Gasteiger partial charge in [0.05, 0.1) is 5.56 Å². The van der Waals surface area contributed by atoms with E-state index in [2.05, 4.69) is 0 Å². The Hall–Kier alpha value is -2.84. The van der Waals surface area contributed by atoms with Crippen LogP contribution >= 0.6 is 0 Å². The van der Waals surface area contributed by atoms with Gasteiger partial charge in [-0.05, 0) is 45.4 Å². The van der Waals surface area contributed by atoms with Crippen molar-refractivity contribution in [3.8, 4) is 0 Å². The average Bonchev–Trinajstić information content (AvgIpc) is 2.57. The SMILES string of the molecule is CCC(=O)N(C(=O)OC(C)(C)C)C(CCC(=O)c1cc(F)ccc1F)C(=O)O. The molecule has 1 aromatic carbocycles. The number of carbonyl (C=O) groups excluding carboxylic acids is 3. The second-order valence-electron chi connectivity index (χ2n) is 7.04. The van der Waals surface area contributed by atoms with Crippen LogP contribution in [0.15, 0.2) is 18.2 Å². The third-order valence-corrected chi connectivity index (χ3v) is 3.63. The molecule has 7 nitrogen and oxygen atoms in total. The highest BCUT2D eigenvalue weighted by Gasteiger charge is 2.37. The number of Topliss-reactive ketones (excluding diaryl/α,β-unsaturated/α-hetero) is 1. The summed E-state index contributed by atoms with van der Waals surface area (Å²) in [6.07, 6.45) is -2.32. The summed E-state index contributed by atoms with van der Waals surface area (Å²) >= 11 is 0. The Labute approximate surface area is 161 Å². The van der Waals surface area contributed by atoms with Gasteiger partial charge in [-0.2, -0.15) is 0 Å². The number of carboxylic acids is 1. The van der Waals surface area contributed by atoms with Crippen molar-refractivity contribution in [1.82, 2.24) is 4.90 Å². The number of halogens is 2. The van der Waals surface area contributed by atoms with Crippen molar-refractivity contribution in [3.63, 3.8) is 0 Å². The molecule has 0 aliphatic carbocycles. The van der Waals surface area contributed by atoms with Gasteiger partial charge in [-0.3, -0.25) is 9.59 Å². The Balaban J connectivity index is 3.06. The van der Waals surface area contributed by atoms with Crippen LogP contribution in [-0.4, -0.2) is 45.4 Å². The Morgan fingerprint density at radius 3 is 2.29 bits per heavy atom. The molecule has 0 aromatic heterocycles. The fourth-order valence-corrected chi connectivity index (χ4v) is 2.36. The van der Waals surface area contributed by atoms with Gasteiger partial charge < -0.3 is 9.84 Å². The number of rotatable bonds is 7. The van der Waals surface area contributed by atoms with Crippen LogP contribution in [0.3, 0.4) is 0 Å². The summed E-state index contributed by atoms with van der Waals surface area (Å²) in [5.41, 5.74) is -1.51. The largest absolute Gasteiger partial charge is 0.480 e. The highest BCUT2D eigenvalue weighted by Crippen LogP contribution is 2.19. The maximum atomic E-state index is 13.7. The molecule has 1 N–H and O–H groups in total. The minimum absolute atomic E-state index is 0.171. The van der Waals surface area contributed by atoms with Crippen molar-refractivity contribution in [3.05, 3.63) is 35.4 Å². The van der Waals surface area contributed by atoms with Crippen molar-refractivity contribution in [2.75, 3.05) is 0 Å². The molecule has 0 saturated carbocycles. The minimum atomic E-state index is -1.69. The third kappa shape index (κ3) is 6.40. The summed E-state index contributed by atoms with van der Waals surface area (Å²) in [5, 5.41) is 9.47. The number of amides is 2. The van der Waals surface area contributed by atoms with Crippen LogP contribution < -0.4 is 0 Å². The number of hydrogen-bond donors (Lipinski definition) is 1. The van der Waals surface area contributed by atoms with Crippen molar-refractivity contribution >= 4 is 23.8 Å². The molecule has 0 fully saturated rings. The second-order valence-corrected chi connectivity index (χ2v) is 7.04. The van der Waals surface area contributed by atoms with E-state index in [0.717, 1.165) is 12.1 Å². The van der Waals surface area contributed by atoms with Crippen LogP contribution in [0.2, 0.25) is 0 Å². The quantitative estimate of drug-likeness (QED) is 0.704. The monoisotopic (exact) mass is 399 g/mol. The first-order chi connectivity index (χ1) is 12.9. The first-order valence-electron chi connectivity index (χ1n) is 8.63. The number of carboxylic acid groups (broad SMARTS) is 1. The molecule has 0 aliphatic rings. The van der Waals surface area contributed by atoms with Crippen molar-refractivity contribution in [1.29, 1.82) is 0 Å². The summed E-state index contributed by atoms with van der Waals surface area (Å²) < 4.78 is 32.1. The normalized spacial score (nSPS) is 12.2. The van der Waals surface area contributed by atoms with Gasteiger partial charge in [0.25, 0.3) is 0 Å². The fourth-order valence-electron chi connectivity index (χ4n) is 2.36. The highest BCUT2D eigenvalue weighted by atomic mass is 19.1. The van der Waals surface area contributed by atoms with Crippen molar-refractivity contribution in [2.45, 2.75) is 58.6 Å². The Kier molecular flexibility index (Phi) is 7.78. The molecule has 28 heavy (non-hydrogen) atoms. The van der Waals surface area contributed by atoms with Crippen LogP contribution in [0, 0.1) is 11.6 Å². The van der Waals surface area contributed by atoms with E-state index in [0.29, 0.717) is 11.0 Å². The predicted octanol–water partition coefficient (Wildman–Crippen LogP) is 3.55. The van der Waals surface area contributed by atoms with E-state index in [1.54, 1.807) is 20.8 Å². The molecular weight excluding hydrogens is 376 g/mol. The summed E-state index contributed by atoms with van der Waals surface area (Å²) in [7, 11) is 0. The van der Waals surface area contributed by atoms with Gasteiger partial charge in [0.1, 0.15) is 23.3 Å². The van der Waals surface area contributed by atoms with Crippen LogP contribution in [0.1, 0.15) is 57.3 Å². The lowest BCUT2D eigenvalue weighted by atomic mass is 10.0. The number of imide groups is 1. The molecule has 1 unspecified atom stereocenters. The van der Waals surface area contributed by atoms with Gasteiger partial charge in [-0.1, -0.05) is 6.92 Å². The van der Waals surface area contributed by atoms with E-state index in [-0.39, 0.29) is 6.42 Å². The Morgan fingerprint density at radius 1 is 1.18 bits per heavy atom. The van der Waals surface area contributed by atoms with E-state index < -0.39 is 65.4 Å². The van der Waals surface area contributed by atoms with Crippen LogP contribution in [-0.2, 0) is 14.3 Å². The zero-order chi connectivity index (χ0) is 21.6. The van der Waals surface area contributed by atoms with Gasteiger partial charge in [-0.25, -0.2) is 23.3 Å². The first kappa shape index (κ1) is 23.2. The van der Waals surface area contributed by atoms with Gasteiger partial charge in [-0.15, -0.1) is 0 Å². The van der Waals surface area contributed by atoms with E-state index in [9.17, 15) is 33.1 Å². The molecule has 9 heteroatoms. The van der Waals surface area contributed by atoms with Crippen molar-refractivity contribution in [2.24, 2.45) is 0 Å². The van der Waals surface area contributed by atoms with Crippen LogP contribution in [0.4, 0.5) is 13.6 Å². The van der Waals surface area contributed by atoms with Crippen LogP contribution in [0.5, 0.6) is 0 Å². The standard InChI is InChI=1S/C19H23F2NO6/c1-5-16(24)22(18(27)28-19(2,3)4)14(17(25)26)8-9-15(23)12-10-11(20)6-7-13(12)21/h6-7,10,14H,5,8-9H2,1-4H3,(H,25,26). The number of ketones is 1. The zero-order valence-electron chi connectivity index (χ0n) is 16.1. The van der Waals surface area contributed by atoms with E-state index in [1.807, 2.05) is 0 Å². The molecule has 0 radical (unpaired) electrons. The summed E-state index contributed by atoms with van der Waals surface area (Å²) in [5.74, 6) is -4.95. The molecule has 0 heterocycles. The first-order valence-corrected chi connectivity index (χ1v) is 8.63. The minimum Gasteiger partial charge on any atom is -0.480 e. The predicted molar refractivity (Wildman–Crippen MR) is 94.7 cm³/mol. The van der Waals surface area contributed by atoms with Gasteiger partial charge in [0, 0.05) is 12.8 Å². The number of nitrogens with zero attached hydrogens (tertiary/aromatic N) is 1. The maximum Gasteiger partial charge on any atom is 0.417 e. The van der Waals surface area contributed by atoms with Crippen LogP contribution in [0.25, 0.3) is 0 Å². The molecular formula is C19H23F2NO6. The fraction of sp³-hybridized carbons (Fsp3) is 0.474. The molecule has 1 aromatic rings. The average molecular weight is 399 g/mol. The Morgan fingerprint density at radius 2 is 1.79 bits per heavy atom. The third-order valence-electron chi connectivity index (χ3n) is 3.63. The lowest BCUT2D eigenvalue weighted by molar-refractivity contribution is -0.149. The smallest absolute Gasteiger partial charge is 0.417 e. The molecule has 0 spiro atoms. The topological polar surface area (TPSA) is 101 Å². The molecule has 0 saturated heterocycles. The van der Waals surface area contributed by atoms with Gasteiger partial charge >= 0.3 is 12.1 Å². The second kappa shape index (κ2) is 9.38. The Bertz CT molecular complexity index is 772. The van der Waals surface area contributed by atoms with E-state index in [4.69, 9.17) is 4.74 Å². The molecule has 0 aliphatic heterocycles. The molecule has 1 rings (SSSR count). The summed E-state index contributed by atoms with van der Waals surface area (Å²) in [6.45, 7) is 6.08. The summed E-state index contributed by atoms with van der Waals surface area (Å²) in [4.78, 5) is 48.8. The van der Waals surface area contributed by atoms with E-state index in [1.165, 1.54) is 6.92 Å². The number of aliphatic carboxylic acids is 1.